The van der Waals surface area contributed by atoms with E-state index >= 15 is 0 Å². The second-order valence-corrected chi connectivity index (χ2v) is 4.77. The minimum atomic E-state index is -0.222. The van der Waals surface area contributed by atoms with Gasteiger partial charge in [0.2, 0.25) is 0 Å². The molecule has 0 atom stereocenters. The van der Waals surface area contributed by atoms with Crippen LogP contribution < -0.4 is 10.2 Å². The van der Waals surface area contributed by atoms with Crippen molar-refractivity contribution in [3.8, 4) is 0 Å². The number of ether oxygens (including phenoxy) is 1. The molecule has 0 aliphatic carbocycles. The summed E-state index contributed by atoms with van der Waals surface area (Å²) in [6.45, 7) is 6.65. The summed E-state index contributed by atoms with van der Waals surface area (Å²) in [4.78, 5) is 14.1. The molecule has 2 rings (SSSR count). The van der Waals surface area contributed by atoms with Gasteiger partial charge < -0.3 is 15.0 Å². The molecule has 4 nitrogen and oxygen atoms in total. The lowest BCUT2D eigenvalue weighted by Gasteiger charge is -2.29. The fourth-order valence-corrected chi connectivity index (χ4v) is 2.12. The SMILES string of the molecule is CCCCOC(=O)c1ccc(N2CCNCC2)cc1. The molecule has 19 heavy (non-hydrogen) atoms. The summed E-state index contributed by atoms with van der Waals surface area (Å²) < 4.78 is 5.19. The molecule has 104 valence electrons. The van der Waals surface area contributed by atoms with Crippen LogP contribution in [0.2, 0.25) is 0 Å². The van der Waals surface area contributed by atoms with Gasteiger partial charge in [-0.1, -0.05) is 13.3 Å². The Morgan fingerprint density at radius 1 is 1.26 bits per heavy atom. The molecule has 0 spiro atoms. The number of piperazine rings is 1. The van der Waals surface area contributed by atoms with E-state index < -0.39 is 0 Å². The molecule has 1 aromatic rings. The third-order valence-electron chi connectivity index (χ3n) is 3.32. The van der Waals surface area contributed by atoms with Gasteiger partial charge in [-0.15, -0.1) is 0 Å². The number of unbranched alkanes of at least 4 members (excludes halogenated alkanes) is 1. The predicted molar refractivity (Wildman–Crippen MR) is 76.7 cm³/mol. The number of esters is 1. The molecule has 4 heteroatoms. The maximum atomic E-state index is 11.8. The molecule has 0 aromatic heterocycles. The predicted octanol–water partition coefficient (Wildman–Crippen LogP) is 2.05. The summed E-state index contributed by atoms with van der Waals surface area (Å²) in [7, 11) is 0. The monoisotopic (exact) mass is 262 g/mol. The molecule has 1 fully saturated rings. The normalized spacial score (nSPS) is 15.3. The smallest absolute Gasteiger partial charge is 0.338 e. The molecule has 0 amide bonds. The summed E-state index contributed by atoms with van der Waals surface area (Å²) in [5.41, 5.74) is 1.81. The number of anilines is 1. The number of benzene rings is 1. The summed E-state index contributed by atoms with van der Waals surface area (Å²) in [6, 6.07) is 7.71. The Morgan fingerprint density at radius 3 is 2.58 bits per heavy atom. The third-order valence-corrected chi connectivity index (χ3v) is 3.32. The first-order valence-corrected chi connectivity index (χ1v) is 7.04. The average Bonchev–Trinajstić information content (AvgIpc) is 2.48. The number of carbonyl (C=O) groups excluding carboxylic acids is 1. The van der Waals surface area contributed by atoms with Gasteiger partial charge in [0.25, 0.3) is 0 Å². The molecule has 0 unspecified atom stereocenters. The minimum absolute atomic E-state index is 0.222. The Morgan fingerprint density at radius 2 is 1.95 bits per heavy atom. The number of nitrogens with one attached hydrogen (secondary N) is 1. The Labute approximate surface area is 114 Å². The van der Waals surface area contributed by atoms with E-state index in [-0.39, 0.29) is 5.97 Å². The van der Waals surface area contributed by atoms with Crippen LogP contribution in [0.25, 0.3) is 0 Å². The first-order chi connectivity index (χ1) is 9.31. The highest BCUT2D eigenvalue weighted by atomic mass is 16.5. The summed E-state index contributed by atoms with van der Waals surface area (Å²) in [5, 5.41) is 3.33. The second-order valence-electron chi connectivity index (χ2n) is 4.77. The van der Waals surface area contributed by atoms with E-state index in [4.69, 9.17) is 4.74 Å². The Bertz CT molecular complexity index is 397. The van der Waals surface area contributed by atoms with Crippen LogP contribution in [-0.4, -0.2) is 38.8 Å². The van der Waals surface area contributed by atoms with Gasteiger partial charge in [-0.2, -0.15) is 0 Å². The summed E-state index contributed by atoms with van der Waals surface area (Å²) in [6.07, 6.45) is 1.96. The van der Waals surface area contributed by atoms with Gasteiger partial charge in [0.1, 0.15) is 0 Å². The van der Waals surface area contributed by atoms with Crippen LogP contribution in [0.15, 0.2) is 24.3 Å². The van der Waals surface area contributed by atoms with Crippen LogP contribution in [0.5, 0.6) is 0 Å². The van der Waals surface area contributed by atoms with Crippen molar-refractivity contribution >= 4 is 11.7 Å². The Kier molecular flexibility index (Phi) is 5.21. The van der Waals surface area contributed by atoms with Gasteiger partial charge in [0, 0.05) is 31.9 Å². The molecule has 1 aliphatic heterocycles. The first kappa shape index (κ1) is 13.9. The van der Waals surface area contributed by atoms with Crippen LogP contribution in [0.1, 0.15) is 30.1 Å². The first-order valence-electron chi connectivity index (χ1n) is 7.04. The fourth-order valence-electron chi connectivity index (χ4n) is 2.12. The maximum absolute atomic E-state index is 11.8. The zero-order valence-electron chi connectivity index (χ0n) is 11.5. The van der Waals surface area contributed by atoms with Crippen molar-refractivity contribution in [1.82, 2.24) is 5.32 Å². The van der Waals surface area contributed by atoms with Crippen molar-refractivity contribution in [3.05, 3.63) is 29.8 Å². The third kappa shape index (κ3) is 3.96. The second kappa shape index (κ2) is 7.14. The zero-order valence-corrected chi connectivity index (χ0v) is 11.5. The lowest BCUT2D eigenvalue weighted by Crippen LogP contribution is -2.43. The Balaban J connectivity index is 1.91. The van der Waals surface area contributed by atoms with E-state index in [1.807, 2.05) is 24.3 Å². The van der Waals surface area contributed by atoms with Gasteiger partial charge >= 0.3 is 5.97 Å². The molecule has 1 aromatic carbocycles. The molecule has 0 radical (unpaired) electrons. The van der Waals surface area contributed by atoms with E-state index in [2.05, 4.69) is 17.1 Å². The van der Waals surface area contributed by atoms with E-state index in [0.717, 1.165) is 39.0 Å². The lowest BCUT2D eigenvalue weighted by molar-refractivity contribution is 0.0500. The van der Waals surface area contributed by atoms with Crippen LogP contribution in [0.4, 0.5) is 5.69 Å². The number of hydrogen-bond acceptors (Lipinski definition) is 4. The van der Waals surface area contributed by atoms with Crippen LogP contribution in [0.3, 0.4) is 0 Å². The molecule has 0 bridgehead atoms. The largest absolute Gasteiger partial charge is 0.462 e. The quantitative estimate of drug-likeness (QED) is 0.651. The summed E-state index contributed by atoms with van der Waals surface area (Å²) in [5.74, 6) is -0.222. The fraction of sp³-hybridized carbons (Fsp3) is 0.533. The number of nitrogens with zero attached hydrogens (tertiary/aromatic N) is 1. The van der Waals surface area contributed by atoms with Crippen molar-refractivity contribution in [2.45, 2.75) is 19.8 Å². The maximum Gasteiger partial charge on any atom is 0.338 e. The molecular weight excluding hydrogens is 240 g/mol. The lowest BCUT2D eigenvalue weighted by atomic mass is 10.2. The van der Waals surface area contributed by atoms with E-state index in [9.17, 15) is 4.79 Å². The molecule has 0 saturated carbocycles. The van der Waals surface area contributed by atoms with Gasteiger partial charge in [0.05, 0.1) is 12.2 Å². The zero-order chi connectivity index (χ0) is 13.5. The van der Waals surface area contributed by atoms with E-state index in [1.165, 1.54) is 5.69 Å². The van der Waals surface area contributed by atoms with Crippen molar-refractivity contribution in [1.29, 1.82) is 0 Å². The minimum Gasteiger partial charge on any atom is -0.462 e. The average molecular weight is 262 g/mol. The van der Waals surface area contributed by atoms with E-state index in [0.29, 0.717) is 12.2 Å². The standard InChI is InChI=1S/C15H22N2O2/c1-2-3-12-19-15(18)13-4-6-14(7-5-13)17-10-8-16-9-11-17/h4-7,16H,2-3,8-12H2,1H3. The molecular formula is C15H22N2O2. The molecule has 1 N–H and O–H groups in total. The van der Waals surface area contributed by atoms with Gasteiger partial charge in [0.15, 0.2) is 0 Å². The van der Waals surface area contributed by atoms with Gasteiger partial charge in [-0.3, -0.25) is 0 Å². The van der Waals surface area contributed by atoms with E-state index in [1.54, 1.807) is 0 Å². The topological polar surface area (TPSA) is 41.6 Å². The molecule has 1 aliphatic rings. The van der Waals surface area contributed by atoms with Crippen LogP contribution >= 0.6 is 0 Å². The van der Waals surface area contributed by atoms with Gasteiger partial charge in [-0.25, -0.2) is 4.79 Å². The highest BCUT2D eigenvalue weighted by molar-refractivity contribution is 5.89. The van der Waals surface area contributed by atoms with Crippen LogP contribution in [0, 0.1) is 0 Å². The highest BCUT2D eigenvalue weighted by Crippen LogP contribution is 2.16. The number of rotatable bonds is 5. The highest BCUT2D eigenvalue weighted by Gasteiger charge is 2.11. The number of carbonyl (C=O) groups is 1. The molecule has 1 saturated heterocycles. The summed E-state index contributed by atoms with van der Waals surface area (Å²) >= 11 is 0. The Hall–Kier alpha value is -1.55. The molecule has 1 heterocycles. The van der Waals surface area contributed by atoms with Crippen molar-refractivity contribution < 1.29 is 9.53 Å². The van der Waals surface area contributed by atoms with Crippen molar-refractivity contribution in [2.75, 3.05) is 37.7 Å². The van der Waals surface area contributed by atoms with Gasteiger partial charge in [-0.05, 0) is 30.7 Å². The van der Waals surface area contributed by atoms with Crippen molar-refractivity contribution in [3.63, 3.8) is 0 Å². The number of hydrogen-bond donors (Lipinski definition) is 1. The van der Waals surface area contributed by atoms with Crippen molar-refractivity contribution in [2.24, 2.45) is 0 Å². The van der Waals surface area contributed by atoms with Crippen LogP contribution in [-0.2, 0) is 4.74 Å².